The smallest absolute Gasteiger partial charge is 0.145 e. The first-order chi connectivity index (χ1) is 10.4. The zero-order chi connectivity index (χ0) is 16.5. The van der Waals surface area contributed by atoms with E-state index in [9.17, 15) is 9.90 Å². The molecule has 0 bridgehead atoms. The molecular formula is C20H30O2. The normalized spacial score (nSPS) is 25.4. The Labute approximate surface area is 135 Å². The summed E-state index contributed by atoms with van der Waals surface area (Å²) in [5.41, 5.74) is 4.33. The Morgan fingerprint density at radius 3 is 2.36 bits per heavy atom. The maximum Gasteiger partial charge on any atom is 0.145 e. The van der Waals surface area contributed by atoms with E-state index in [4.69, 9.17) is 0 Å². The van der Waals surface area contributed by atoms with Gasteiger partial charge in [-0.15, -0.1) is 0 Å². The zero-order valence-electron chi connectivity index (χ0n) is 14.3. The minimum absolute atomic E-state index is 0.0195. The molecule has 1 aliphatic rings. The summed E-state index contributed by atoms with van der Waals surface area (Å²) < 4.78 is 0. The maximum atomic E-state index is 11.1. The Morgan fingerprint density at radius 1 is 1.14 bits per heavy atom. The van der Waals surface area contributed by atoms with E-state index in [1.165, 1.54) is 11.1 Å². The van der Waals surface area contributed by atoms with Gasteiger partial charge in [0.2, 0.25) is 0 Å². The van der Waals surface area contributed by atoms with Crippen molar-refractivity contribution in [2.24, 2.45) is 5.92 Å². The highest BCUT2D eigenvalue weighted by atomic mass is 16.3. The van der Waals surface area contributed by atoms with Crippen LogP contribution in [0.1, 0.15) is 59.3 Å². The Kier molecular flexibility index (Phi) is 8.11. The summed E-state index contributed by atoms with van der Waals surface area (Å²) in [6.07, 6.45) is 12.4. The van der Waals surface area contributed by atoms with Crippen LogP contribution in [0.5, 0.6) is 0 Å². The molecule has 0 aromatic carbocycles. The molecule has 0 aliphatic heterocycles. The van der Waals surface area contributed by atoms with E-state index < -0.39 is 6.10 Å². The number of aldehydes is 1. The summed E-state index contributed by atoms with van der Waals surface area (Å²) in [6, 6.07) is 0. The third kappa shape index (κ3) is 6.57. The number of hydrogen-bond acceptors (Lipinski definition) is 2. The fourth-order valence-electron chi connectivity index (χ4n) is 2.71. The van der Waals surface area contributed by atoms with Crippen LogP contribution in [-0.2, 0) is 4.79 Å². The first-order valence-corrected chi connectivity index (χ1v) is 8.24. The molecule has 22 heavy (non-hydrogen) atoms. The standard InChI is InChI=1S/C20H30O2/c1-15-7-5-8-16(2)11-12-19(18(4)14-21)13-20(22)17(3)10-6-9-15/h7,10-11,14,19-20,22H,4-6,8-9,12-13H2,1-3H3. The summed E-state index contributed by atoms with van der Waals surface area (Å²) in [5, 5.41) is 10.4. The molecule has 0 radical (unpaired) electrons. The van der Waals surface area contributed by atoms with Crippen molar-refractivity contribution < 1.29 is 9.90 Å². The summed E-state index contributed by atoms with van der Waals surface area (Å²) in [7, 11) is 0. The molecule has 0 heterocycles. The van der Waals surface area contributed by atoms with E-state index in [0.717, 1.165) is 44.0 Å². The predicted octanol–water partition coefficient (Wildman–Crippen LogP) is 4.91. The van der Waals surface area contributed by atoms with Crippen LogP contribution < -0.4 is 0 Å². The summed E-state index contributed by atoms with van der Waals surface area (Å²) in [6.45, 7) is 10.1. The lowest BCUT2D eigenvalue weighted by atomic mass is 9.88. The molecule has 2 unspecified atom stereocenters. The largest absolute Gasteiger partial charge is 0.389 e. The van der Waals surface area contributed by atoms with Gasteiger partial charge >= 0.3 is 0 Å². The third-order valence-electron chi connectivity index (χ3n) is 4.50. The van der Waals surface area contributed by atoms with Crippen molar-refractivity contribution in [1.29, 1.82) is 0 Å². The van der Waals surface area contributed by atoms with E-state index in [1.54, 1.807) is 0 Å². The van der Waals surface area contributed by atoms with Crippen LogP contribution in [0.4, 0.5) is 0 Å². The highest BCUT2D eigenvalue weighted by Crippen LogP contribution is 2.24. The molecule has 1 aliphatic carbocycles. The second-order valence-electron chi connectivity index (χ2n) is 6.50. The molecule has 0 spiro atoms. The number of carbonyl (C=O) groups excluding carboxylic acids is 1. The second kappa shape index (κ2) is 9.58. The van der Waals surface area contributed by atoms with Crippen molar-refractivity contribution in [2.75, 3.05) is 0 Å². The molecule has 2 nitrogen and oxygen atoms in total. The summed E-state index contributed by atoms with van der Waals surface area (Å²) in [5.74, 6) is 0.0195. The molecule has 2 heteroatoms. The first kappa shape index (κ1) is 18.6. The van der Waals surface area contributed by atoms with Crippen molar-refractivity contribution in [3.8, 4) is 0 Å². The van der Waals surface area contributed by atoms with Gasteiger partial charge in [0, 0.05) is 0 Å². The summed E-state index contributed by atoms with van der Waals surface area (Å²) >= 11 is 0. The van der Waals surface area contributed by atoms with Crippen molar-refractivity contribution in [1.82, 2.24) is 0 Å². The average molecular weight is 302 g/mol. The molecule has 0 saturated heterocycles. The molecule has 0 aromatic heterocycles. The number of carbonyl (C=O) groups is 1. The van der Waals surface area contributed by atoms with Crippen LogP contribution in [0.3, 0.4) is 0 Å². The minimum atomic E-state index is -0.498. The average Bonchev–Trinajstić information content (AvgIpc) is 2.49. The molecule has 122 valence electrons. The van der Waals surface area contributed by atoms with Gasteiger partial charge < -0.3 is 5.11 Å². The monoisotopic (exact) mass is 302 g/mol. The molecule has 0 fully saturated rings. The van der Waals surface area contributed by atoms with Crippen molar-refractivity contribution in [3.05, 3.63) is 47.1 Å². The predicted molar refractivity (Wildman–Crippen MR) is 93.7 cm³/mol. The van der Waals surface area contributed by atoms with E-state index in [1.807, 2.05) is 6.92 Å². The van der Waals surface area contributed by atoms with Gasteiger partial charge in [-0.1, -0.05) is 36.0 Å². The van der Waals surface area contributed by atoms with Crippen LogP contribution in [0.2, 0.25) is 0 Å². The minimum Gasteiger partial charge on any atom is -0.389 e. The van der Waals surface area contributed by atoms with Crippen LogP contribution in [0.25, 0.3) is 0 Å². The van der Waals surface area contributed by atoms with Gasteiger partial charge in [0.25, 0.3) is 0 Å². The van der Waals surface area contributed by atoms with Gasteiger partial charge in [0.15, 0.2) is 0 Å². The van der Waals surface area contributed by atoms with Gasteiger partial charge in [-0.05, 0) is 76.4 Å². The number of allylic oxidation sites excluding steroid dienone is 6. The van der Waals surface area contributed by atoms with E-state index in [-0.39, 0.29) is 5.92 Å². The van der Waals surface area contributed by atoms with Gasteiger partial charge in [0.05, 0.1) is 6.10 Å². The van der Waals surface area contributed by atoms with Gasteiger partial charge in [0.1, 0.15) is 6.29 Å². The first-order valence-electron chi connectivity index (χ1n) is 8.24. The van der Waals surface area contributed by atoms with Crippen LogP contribution in [-0.4, -0.2) is 17.5 Å². The molecule has 2 atom stereocenters. The molecule has 0 aromatic rings. The molecule has 1 rings (SSSR count). The van der Waals surface area contributed by atoms with E-state index in [2.05, 4.69) is 38.7 Å². The van der Waals surface area contributed by atoms with Crippen LogP contribution in [0.15, 0.2) is 47.1 Å². The van der Waals surface area contributed by atoms with Crippen molar-refractivity contribution in [3.63, 3.8) is 0 Å². The highest BCUT2D eigenvalue weighted by molar-refractivity contribution is 5.72. The number of hydrogen-bond donors (Lipinski definition) is 1. The van der Waals surface area contributed by atoms with Crippen molar-refractivity contribution in [2.45, 2.75) is 65.4 Å². The third-order valence-corrected chi connectivity index (χ3v) is 4.50. The SMILES string of the molecule is C=C(C=O)C1CC=C(C)CCC=C(C)CCC=C(C)C(O)C1. The van der Waals surface area contributed by atoms with Crippen LogP contribution in [0, 0.1) is 5.92 Å². The van der Waals surface area contributed by atoms with Gasteiger partial charge in [-0.2, -0.15) is 0 Å². The second-order valence-corrected chi connectivity index (χ2v) is 6.50. The Morgan fingerprint density at radius 2 is 1.73 bits per heavy atom. The van der Waals surface area contributed by atoms with Crippen LogP contribution >= 0.6 is 0 Å². The fourth-order valence-corrected chi connectivity index (χ4v) is 2.71. The van der Waals surface area contributed by atoms with Gasteiger partial charge in [-0.25, -0.2) is 0 Å². The highest BCUT2D eigenvalue weighted by Gasteiger charge is 2.17. The number of aliphatic hydroxyl groups is 1. The quantitative estimate of drug-likeness (QED) is 0.447. The number of aliphatic hydroxyl groups excluding tert-OH is 1. The Hall–Kier alpha value is -1.41. The Bertz CT molecular complexity index is 480. The molecular weight excluding hydrogens is 272 g/mol. The fraction of sp³-hybridized carbons (Fsp3) is 0.550. The van der Waals surface area contributed by atoms with E-state index >= 15 is 0 Å². The van der Waals surface area contributed by atoms with Gasteiger partial charge in [-0.3, -0.25) is 4.79 Å². The maximum absolute atomic E-state index is 11.1. The lowest BCUT2D eigenvalue weighted by molar-refractivity contribution is -0.105. The number of rotatable bonds is 2. The topological polar surface area (TPSA) is 37.3 Å². The van der Waals surface area contributed by atoms with Crippen molar-refractivity contribution >= 4 is 6.29 Å². The Balaban J connectivity index is 2.94. The lowest BCUT2D eigenvalue weighted by Gasteiger charge is -2.20. The molecule has 0 amide bonds. The summed E-state index contributed by atoms with van der Waals surface area (Å²) in [4.78, 5) is 11.1. The molecule has 1 N–H and O–H groups in total. The lowest BCUT2D eigenvalue weighted by Crippen LogP contribution is -2.16. The van der Waals surface area contributed by atoms with E-state index in [0.29, 0.717) is 12.0 Å². The molecule has 0 saturated carbocycles. The zero-order valence-corrected chi connectivity index (χ0v) is 14.3.